The van der Waals surface area contributed by atoms with E-state index in [0.717, 1.165) is 98.9 Å². The van der Waals surface area contributed by atoms with Crippen molar-refractivity contribution in [3.8, 4) is 11.8 Å². The van der Waals surface area contributed by atoms with E-state index in [1.165, 1.54) is 0 Å². The average molecular weight is 838 g/mol. The van der Waals surface area contributed by atoms with Crippen LogP contribution in [0.3, 0.4) is 0 Å². The van der Waals surface area contributed by atoms with Crippen molar-refractivity contribution >= 4 is 47.2 Å². The van der Waals surface area contributed by atoms with E-state index in [2.05, 4.69) is 50.9 Å². The largest absolute Gasteiger partial charge is 0.508 e. The minimum absolute atomic E-state index is 0.0693. The number of carbonyl (C=O) groups is 1. The summed E-state index contributed by atoms with van der Waals surface area (Å²) in [7, 11) is 2.10. The van der Waals surface area contributed by atoms with Crippen LogP contribution in [-0.4, -0.2) is 127 Å². The van der Waals surface area contributed by atoms with Crippen LogP contribution >= 0.6 is 0 Å². The Morgan fingerprint density at radius 1 is 0.984 bits per heavy atom. The van der Waals surface area contributed by atoms with Gasteiger partial charge in [0.05, 0.1) is 11.8 Å². The zero-order valence-electron chi connectivity index (χ0n) is 35.8. The third kappa shape index (κ3) is 9.78. The molecule has 0 aliphatic carbocycles. The summed E-state index contributed by atoms with van der Waals surface area (Å²) in [5.41, 5.74) is 1.76. The van der Waals surface area contributed by atoms with Gasteiger partial charge in [-0.25, -0.2) is 9.18 Å². The fourth-order valence-electron chi connectivity index (χ4n) is 9.57. The number of rotatable bonds is 12. The molecule has 326 valence electrons. The Balaban J connectivity index is 0.977. The Morgan fingerprint density at radius 3 is 2.52 bits per heavy atom. The van der Waals surface area contributed by atoms with E-state index < -0.39 is 5.83 Å². The molecule has 4 aliphatic heterocycles. The summed E-state index contributed by atoms with van der Waals surface area (Å²) in [5, 5.41) is 20.9. The molecule has 0 saturated carbocycles. The summed E-state index contributed by atoms with van der Waals surface area (Å²) < 4.78 is 34.8. The number of aliphatic imine (C=N–C) groups is 1. The van der Waals surface area contributed by atoms with Gasteiger partial charge in [-0.3, -0.25) is 4.99 Å². The zero-order valence-corrected chi connectivity index (χ0v) is 35.8. The SMILES string of the molecule is C=N/C=c1/c(N2CC3CCC(C2)N3)nc(OCC2CCCN(C)C(COC(=O)N3CCN(c4cc(CC)on4)CC3)CC2)n/c1=C(\F)Cc1cc(O)cc2cccc(CC)c12. The third-order valence-corrected chi connectivity index (χ3v) is 13.0. The van der Waals surface area contributed by atoms with Crippen molar-refractivity contribution in [1.82, 2.24) is 30.2 Å². The first-order chi connectivity index (χ1) is 29.7. The van der Waals surface area contributed by atoms with Gasteiger partial charge >= 0.3 is 12.1 Å². The molecule has 0 spiro atoms. The molecule has 4 aliphatic rings. The van der Waals surface area contributed by atoms with Gasteiger partial charge in [0.1, 0.15) is 35.1 Å². The summed E-state index contributed by atoms with van der Waals surface area (Å²) in [4.78, 5) is 35.4. The number of nitrogens with zero attached hydrogens (tertiary/aromatic N) is 8. The maximum absolute atomic E-state index is 17.0. The number of aryl methyl sites for hydroxylation is 2. The van der Waals surface area contributed by atoms with Crippen molar-refractivity contribution in [2.45, 2.75) is 89.8 Å². The number of fused-ring (bicyclic) bond motifs is 3. The number of aromatic nitrogens is 3. The van der Waals surface area contributed by atoms with Crippen molar-refractivity contribution < 1.29 is 28.3 Å². The summed E-state index contributed by atoms with van der Waals surface area (Å²) in [6, 6.07) is 12.1. The Labute approximate surface area is 357 Å². The van der Waals surface area contributed by atoms with Crippen LogP contribution in [-0.2, 0) is 24.0 Å². The highest BCUT2D eigenvalue weighted by atomic mass is 19.1. The van der Waals surface area contributed by atoms with Gasteiger partial charge in [-0.05, 0) is 105 Å². The van der Waals surface area contributed by atoms with Gasteiger partial charge in [-0.2, -0.15) is 9.97 Å². The number of ether oxygens (including phenoxy) is 2. The molecule has 6 heterocycles. The van der Waals surface area contributed by atoms with Gasteiger partial charge < -0.3 is 44.0 Å². The topological polar surface area (TPSA) is 145 Å². The van der Waals surface area contributed by atoms with Gasteiger partial charge in [0.2, 0.25) is 0 Å². The number of phenols is 1. The highest BCUT2D eigenvalue weighted by molar-refractivity contribution is 5.91. The van der Waals surface area contributed by atoms with Crippen LogP contribution in [0, 0.1) is 5.92 Å². The van der Waals surface area contributed by atoms with Crippen LogP contribution in [0.15, 0.2) is 45.9 Å². The number of piperazine rings is 2. The summed E-state index contributed by atoms with van der Waals surface area (Å²) in [6.45, 7) is 13.3. The lowest BCUT2D eigenvalue weighted by Gasteiger charge is -2.35. The standard InChI is InChI=1S/C46H60FN9O5/c1-5-31-10-7-11-32-21-37(57)22-33(42(31)32)23-40(47)43-39(25-48-3)44(56-26-34-13-14-35(27-56)49-34)51-45(50-43)59-28-30-9-8-16-53(4)36(15-12-30)29-60-46(58)55-19-17-54(18-20-55)41-24-38(6-2)61-52-41/h7,10-11,21-22,24-25,30,34-36,49,57H,3,5-6,8-9,12-20,23,26-29H2,1-2,4H3/b39-25+,43-40-. The molecule has 2 aromatic carbocycles. The number of carbonyl (C=O) groups excluding carboxylic acids is 1. The second kappa shape index (κ2) is 19.2. The van der Waals surface area contributed by atoms with Crippen LogP contribution in [0.2, 0.25) is 0 Å². The van der Waals surface area contributed by atoms with Crippen molar-refractivity contribution in [3.63, 3.8) is 0 Å². The lowest BCUT2D eigenvalue weighted by atomic mass is 9.93. The van der Waals surface area contributed by atoms with Crippen molar-refractivity contribution in [2.24, 2.45) is 10.9 Å². The van der Waals surface area contributed by atoms with E-state index in [1.54, 1.807) is 23.2 Å². The maximum Gasteiger partial charge on any atom is 0.409 e. The van der Waals surface area contributed by atoms with Crippen molar-refractivity contribution in [2.75, 3.05) is 75.9 Å². The fraction of sp³-hybridized carbons (Fsp3) is 0.543. The van der Waals surface area contributed by atoms with Crippen LogP contribution < -0.4 is 30.4 Å². The predicted molar refractivity (Wildman–Crippen MR) is 236 cm³/mol. The molecule has 4 aromatic rings. The molecule has 4 saturated heterocycles. The number of benzene rings is 2. The van der Waals surface area contributed by atoms with Gasteiger partial charge in [0, 0.05) is 82.5 Å². The number of anilines is 2. The maximum atomic E-state index is 17.0. The minimum atomic E-state index is -0.465. The number of hydrogen-bond donors (Lipinski definition) is 2. The number of hydrogen-bond acceptors (Lipinski definition) is 13. The molecule has 15 heteroatoms. The van der Waals surface area contributed by atoms with Crippen molar-refractivity contribution in [1.29, 1.82) is 0 Å². The highest BCUT2D eigenvalue weighted by Crippen LogP contribution is 2.31. The minimum Gasteiger partial charge on any atom is -0.508 e. The molecule has 4 atom stereocenters. The zero-order chi connectivity index (χ0) is 42.5. The van der Waals surface area contributed by atoms with Gasteiger partial charge in [-0.15, -0.1) is 0 Å². The molecule has 2 bridgehead atoms. The van der Waals surface area contributed by atoms with Gasteiger partial charge in [0.25, 0.3) is 0 Å². The molecule has 0 radical (unpaired) electrons. The summed E-state index contributed by atoms with van der Waals surface area (Å²) in [6.07, 6.45) is 8.49. The lowest BCUT2D eigenvalue weighted by Crippen LogP contribution is -2.53. The Morgan fingerprint density at radius 2 is 1.79 bits per heavy atom. The van der Waals surface area contributed by atoms with Crippen LogP contribution in [0.4, 0.5) is 20.8 Å². The molecular formula is C46H60FN9O5. The lowest BCUT2D eigenvalue weighted by molar-refractivity contribution is 0.0588. The third-order valence-electron chi connectivity index (χ3n) is 13.0. The Bertz CT molecular complexity index is 2300. The number of likely N-dealkylation sites (N-methyl/N-ethyl adjacent to an activating group) is 1. The molecule has 4 unspecified atom stereocenters. The number of amides is 1. The van der Waals surface area contributed by atoms with Gasteiger partial charge in [0.15, 0.2) is 5.82 Å². The highest BCUT2D eigenvalue weighted by Gasteiger charge is 2.34. The van der Waals surface area contributed by atoms with Crippen LogP contribution in [0.5, 0.6) is 11.8 Å². The monoisotopic (exact) mass is 837 g/mol. The molecule has 8 rings (SSSR count). The second-order valence-electron chi connectivity index (χ2n) is 17.1. The van der Waals surface area contributed by atoms with Crippen LogP contribution in [0.25, 0.3) is 22.8 Å². The van der Waals surface area contributed by atoms with Crippen LogP contribution in [0.1, 0.15) is 69.3 Å². The Kier molecular flexibility index (Phi) is 13.3. The number of likely N-dealkylation sites (tertiary alicyclic amines) is 1. The molecule has 2 N–H and O–H groups in total. The predicted octanol–water partition coefficient (Wildman–Crippen LogP) is 4.98. The first kappa shape index (κ1) is 42.4. The molecule has 14 nitrogen and oxygen atoms in total. The quantitative estimate of drug-likeness (QED) is 0.186. The van der Waals surface area contributed by atoms with E-state index in [-0.39, 0.29) is 41.6 Å². The molecular weight excluding hydrogens is 778 g/mol. The Hall–Kier alpha value is -5.28. The number of phenolic OH excluding ortho intramolecular Hbond substituents is 1. The first-order valence-electron chi connectivity index (χ1n) is 22.1. The average Bonchev–Trinajstić information content (AvgIpc) is 3.89. The number of aromatic hydroxyl groups is 1. The number of halogens is 1. The van der Waals surface area contributed by atoms with E-state index in [4.69, 9.17) is 24.0 Å². The summed E-state index contributed by atoms with van der Waals surface area (Å²) in [5.74, 6) is 2.07. The number of nitrogens with one attached hydrogen (secondary N) is 1. The molecule has 2 aromatic heterocycles. The van der Waals surface area contributed by atoms with E-state index >= 15 is 4.39 Å². The fourth-order valence-corrected chi connectivity index (χ4v) is 9.57. The second-order valence-corrected chi connectivity index (χ2v) is 17.1. The summed E-state index contributed by atoms with van der Waals surface area (Å²) >= 11 is 0. The molecule has 61 heavy (non-hydrogen) atoms. The molecule has 4 fully saturated rings. The normalized spacial score (nSPS) is 23.2. The van der Waals surface area contributed by atoms with E-state index in [9.17, 15) is 9.90 Å². The van der Waals surface area contributed by atoms with E-state index in [0.29, 0.717) is 68.1 Å². The van der Waals surface area contributed by atoms with E-state index in [1.807, 2.05) is 31.2 Å². The smallest absolute Gasteiger partial charge is 0.409 e. The van der Waals surface area contributed by atoms with Gasteiger partial charge in [-0.1, -0.05) is 37.2 Å². The van der Waals surface area contributed by atoms with Crippen molar-refractivity contribution in [3.05, 3.63) is 63.9 Å². The molecule has 1 amide bonds. The first-order valence-corrected chi connectivity index (χ1v) is 22.1.